The van der Waals surface area contributed by atoms with Crippen molar-refractivity contribution in [3.05, 3.63) is 57.9 Å². The molecule has 1 aromatic heterocycles. The highest BCUT2D eigenvalue weighted by atomic mass is 35.5. The first-order valence-electron chi connectivity index (χ1n) is 6.50. The number of rotatable bonds is 6. The number of hydrogen-bond acceptors (Lipinski definition) is 3. The largest absolute Gasteiger partial charge is 0.272 e. The third kappa shape index (κ3) is 3.57. The van der Waals surface area contributed by atoms with E-state index >= 15 is 0 Å². The van der Waals surface area contributed by atoms with Crippen LogP contribution in [-0.2, 0) is 13.0 Å². The van der Waals surface area contributed by atoms with Crippen molar-refractivity contribution in [1.82, 2.24) is 9.78 Å². The SMILES string of the molecule is CCC(Cl)c1cnn(CCc2ccc([N+](=O)[O-])cc2)c1. The van der Waals surface area contributed by atoms with E-state index in [9.17, 15) is 10.1 Å². The maximum absolute atomic E-state index is 10.6. The van der Waals surface area contributed by atoms with Crippen LogP contribution < -0.4 is 0 Å². The topological polar surface area (TPSA) is 61.0 Å². The van der Waals surface area contributed by atoms with Gasteiger partial charge in [-0.25, -0.2) is 0 Å². The molecule has 0 aliphatic heterocycles. The Kier molecular flexibility index (Phi) is 4.74. The van der Waals surface area contributed by atoms with Gasteiger partial charge in [-0.3, -0.25) is 14.8 Å². The summed E-state index contributed by atoms with van der Waals surface area (Å²) in [6.07, 6.45) is 5.39. The highest BCUT2D eigenvalue weighted by Gasteiger charge is 2.08. The molecule has 0 spiro atoms. The van der Waals surface area contributed by atoms with Gasteiger partial charge in [-0.2, -0.15) is 5.10 Å². The van der Waals surface area contributed by atoms with E-state index in [0.29, 0.717) is 0 Å². The fraction of sp³-hybridized carbons (Fsp3) is 0.357. The Morgan fingerprint density at radius 2 is 2.10 bits per heavy atom. The second-order valence-electron chi connectivity index (χ2n) is 4.59. The number of aromatic nitrogens is 2. The van der Waals surface area contributed by atoms with Gasteiger partial charge in [-0.1, -0.05) is 19.1 Å². The Morgan fingerprint density at radius 3 is 2.70 bits per heavy atom. The van der Waals surface area contributed by atoms with Gasteiger partial charge in [0.05, 0.1) is 16.5 Å². The van der Waals surface area contributed by atoms with Crippen LogP contribution >= 0.6 is 11.6 Å². The van der Waals surface area contributed by atoms with Crippen molar-refractivity contribution in [3.63, 3.8) is 0 Å². The molecule has 1 unspecified atom stereocenters. The zero-order valence-corrected chi connectivity index (χ0v) is 12.0. The van der Waals surface area contributed by atoms with Gasteiger partial charge >= 0.3 is 0 Å². The van der Waals surface area contributed by atoms with Crippen LogP contribution in [0.3, 0.4) is 0 Å². The van der Waals surface area contributed by atoms with Crippen LogP contribution in [0.25, 0.3) is 0 Å². The van der Waals surface area contributed by atoms with Gasteiger partial charge in [0.25, 0.3) is 5.69 Å². The normalized spacial score (nSPS) is 12.3. The lowest BCUT2D eigenvalue weighted by atomic mass is 10.1. The van der Waals surface area contributed by atoms with Gasteiger partial charge in [-0.15, -0.1) is 11.6 Å². The molecular formula is C14H16ClN3O2. The molecule has 0 saturated carbocycles. The average molecular weight is 294 g/mol. The quantitative estimate of drug-likeness (QED) is 0.463. The van der Waals surface area contributed by atoms with Crippen LogP contribution in [0.4, 0.5) is 5.69 Å². The molecule has 0 aliphatic carbocycles. The fourth-order valence-corrected chi connectivity index (χ4v) is 2.04. The van der Waals surface area contributed by atoms with Crippen LogP contribution in [0.1, 0.15) is 29.8 Å². The molecule has 106 valence electrons. The molecule has 0 N–H and O–H groups in total. The zero-order valence-electron chi connectivity index (χ0n) is 11.2. The molecule has 1 aromatic carbocycles. The summed E-state index contributed by atoms with van der Waals surface area (Å²) in [6, 6.07) is 6.60. The summed E-state index contributed by atoms with van der Waals surface area (Å²) >= 11 is 6.15. The van der Waals surface area contributed by atoms with E-state index in [0.717, 1.165) is 30.5 Å². The first kappa shape index (κ1) is 14.5. The molecule has 0 radical (unpaired) electrons. The monoisotopic (exact) mass is 293 g/mol. The molecule has 6 heteroatoms. The van der Waals surface area contributed by atoms with E-state index in [1.165, 1.54) is 12.1 Å². The van der Waals surface area contributed by atoms with Crippen LogP contribution in [0.5, 0.6) is 0 Å². The second-order valence-corrected chi connectivity index (χ2v) is 5.11. The maximum Gasteiger partial charge on any atom is 0.269 e. The summed E-state index contributed by atoms with van der Waals surface area (Å²) in [5.41, 5.74) is 2.19. The third-order valence-electron chi connectivity index (χ3n) is 3.15. The number of alkyl halides is 1. The summed E-state index contributed by atoms with van der Waals surface area (Å²) in [7, 11) is 0. The first-order valence-corrected chi connectivity index (χ1v) is 6.93. The minimum absolute atomic E-state index is 0.00289. The van der Waals surface area contributed by atoms with Crippen molar-refractivity contribution in [2.45, 2.75) is 31.7 Å². The van der Waals surface area contributed by atoms with E-state index in [-0.39, 0.29) is 11.1 Å². The molecule has 1 heterocycles. The molecule has 2 aromatic rings. The van der Waals surface area contributed by atoms with Crippen molar-refractivity contribution < 1.29 is 4.92 Å². The molecule has 1 atom stereocenters. The van der Waals surface area contributed by atoms with Crippen molar-refractivity contribution in [3.8, 4) is 0 Å². The highest BCUT2D eigenvalue weighted by Crippen LogP contribution is 2.22. The van der Waals surface area contributed by atoms with Gasteiger partial charge in [0.15, 0.2) is 0 Å². The smallest absolute Gasteiger partial charge is 0.269 e. The van der Waals surface area contributed by atoms with Gasteiger partial charge in [0.2, 0.25) is 0 Å². The van der Waals surface area contributed by atoms with Gasteiger partial charge in [0, 0.05) is 30.4 Å². The van der Waals surface area contributed by atoms with E-state index in [4.69, 9.17) is 11.6 Å². The number of non-ortho nitro benzene ring substituents is 1. The van der Waals surface area contributed by atoms with Gasteiger partial charge in [0.1, 0.15) is 0 Å². The molecule has 0 saturated heterocycles. The third-order valence-corrected chi connectivity index (χ3v) is 3.71. The number of benzene rings is 1. The summed E-state index contributed by atoms with van der Waals surface area (Å²) < 4.78 is 1.85. The predicted octanol–water partition coefficient (Wildman–Crippen LogP) is 3.72. The summed E-state index contributed by atoms with van der Waals surface area (Å²) in [4.78, 5) is 10.2. The molecule has 2 rings (SSSR count). The predicted molar refractivity (Wildman–Crippen MR) is 77.9 cm³/mol. The van der Waals surface area contributed by atoms with Gasteiger partial charge < -0.3 is 0 Å². The Morgan fingerprint density at radius 1 is 1.40 bits per heavy atom. The molecule has 0 fully saturated rings. The molecule has 0 aliphatic rings. The lowest BCUT2D eigenvalue weighted by Gasteiger charge is -2.03. The second kappa shape index (κ2) is 6.52. The number of nitro benzene ring substituents is 1. The van der Waals surface area contributed by atoms with Crippen LogP contribution in [-0.4, -0.2) is 14.7 Å². The average Bonchev–Trinajstić information content (AvgIpc) is 2.93. The summed E-state index contributed by atoms with van der Waals surface area (Å²) in [6.45, 7) is 2.76. The summed E-state index contributed by atoms with van der Waals surface area (Å²) in [5, 5.41) is 14.8. The lowest BCUT2D eigenvalue weighted by Crippen LogP contribution is -2.01. The Labute approximate surface area is 122 Å². The fourth-order valence-electron chi connectivity index (χ4n) is 1.93. The molecule has 0 bridgehead atoms. The molecule has 20 heavy (non-hydrogen) atoms. The minimum atomic E-state index is -0.394. The van der Waals surface area contributed by atoms with Crippen LogP contribution in [0.15, 0.2) is 36.7 Å². The highest BCUT2D eigenvalue weighted by molar-refractivity contribution is 6.20. The number of nitrogens with zero attached hydrogens (tertiary/aromatic N) is 3. The number of hydrogen-bond donors (Lipinski definition) is 0. The van der Waals surface area contributed by atoms with Crippen molar-refractivity contribution in [2.24, 2.45) is 0 Å². The van der Waals surface area contributed by atoms with E-state index < -0.39 is 4.92 Å². The molecular weight excluding hydrogens is 278 g/mol. The standard InChI is InChI=1S/C14H16ClN3O2/c1-2-14(15)12-9-16-17(10-12)8-7-11-3-5-13(6-4-11)18(19)20/h3-6,9-10,14H,2,7-8H2,1H3. The van der Waals surface area contributed by atoms with Crippen molar-refractivity contribution >= 4 is 17.3 Å². The van der Waals surface area contributed by atoms with Crippen molar-refractivity contribution in [2.75, 3.05) is 0 Å². The summed E-state index contributed by atoms with van der Waals surface area (Å²) in [5.74, 6) is 0. The minimum Gasteiger partial charge on any atom is -0.272 e. The number of aryl methyl sites for hydroxylation is 2. The number of halogens is 1. The van der Waals surface area contributed by atoms with Crippen LogP contribution in [0.2, 0.25) is 0 Å². The molecule has 5 nitrogen and oxygen atoms in total. The van der Waals surface area contributed by atoms with Gasteiger partial charge in [-0.05, 0) is 18.4 Å². The Balaban J connectivity index is 1.94. The van der Waals surface area contributed by atoms with Crippen molar-refractivity contribution in [1.29, 1.82) is 0 Å². The van der Waals surface area contributed by atoms with E-state index in [1.807, 2.05) is 17.8 Å². The van der Waals surface area contributed by atoms with E-state index in [2.05, 4.69) is 5.10 Å². The van der Waals surface area contributed by atoms with Crippen LogP contribution in [0, 0.1) is 10.1 Å². The molecule has 0 amide bonds. The lowest BCUT2D eigenvalue weighted by molar-refractivity contribution is -0.384. The number of nitro groups is 1. The maximum atomic E-state index is 10.6. The zero-order chi connectivity index (χ0) is 14.5. The first-order chi connectivity index (χ1) is 9.60. The van der Waals surface area contributed by atoms with E-state index in [1.54, 1.807) is 18.3 Å². The Bertz CT molecular complexity index is 580. The Hall–Kier alpha value is -1.88.